The van der Waals surface area contributed by atoms with Crippen LogP contribution < -0.4 is 4.74 Å². The molecule has 0 aliphatic carbocycles. The Morgan fingerprint density at radius 2 is 1.71 bits per heavy atom. The molecular weight excluding hydrogens is 308 g/mol. The summed E-state index contributed by atoms with van der Waals surface area (Å²) in [6.07, 6.45) is 0.723. The van der Waals surface area contributed by atoms with Gasteiger partial charge in [-0.2, -0.15) is 0 Å². The van der Waals surface area contributed by atoms with Gasteiger partial charge in [-0.1, -0.05) is 25.1 Å². The zero-order chi connectivity index (χ0) is 17.8. The number of hydrogen-bond acceptors (Lipinski definition) is 5. The van der Waals surface area contributed by atoms with Gasteiger partial charge in [-0.15, -0.1) is 0 Å². The summed E-state index contributed by atoms with van der Waals surface area (Å²) >= 11 is 0. The van der Waals surface area contributed by atoms with Gasteiger partial charge in [0, 0.05) is 0 Å². The van der Waals surface area contributed by atoms with Crippen LogP contribution in [0.5, 0.6) is 11.5 Å². The van der Waals surface area contributed by atoms with Crippen molar-refractivity contribution >= 4 is 5.97 Å². The normalized spacial score (nSPS) is 11.0. The second kappa shape index (κ2) is 11.1. The molecule has 2 N–H and O–H groups in total. The molecule has 0 bridgehead atoms. The third-order valence-corrected chi connectivity index (χ3v) is 3.09. The lowest BCUT2D eigenvalue weighted by Crippen LogP contribution is -2.13. The molecule has 0 fully saturated rings. The van der Waals surface area contributed by atoms with Crippen molar-refractivity contribution in [3.63, 3.8) is 0 Å². The second-order valence-electron chi connectivity index (χ2n) is 5.06. The summed E-state index contributed by atoms with van der Waals surface area (Å²) in [7, 11) is 0. The molecule has 0 amide bonds. The zero-order valence-electron chi connectivity index (χ0n) is 14.0. The van der Waals surface area contributed by atoms with Gasteiger partial charge >= 0.3 is 5.97 Å². The number of carbonyl (C=O) groups is 1. The monoisotopic (exact) mass is 332 g/mol. The van der Waals surface area contributed by atoms with E-state index >= 15 is 0 Å². The van der Waals surface area contributed by atoms with Crippen molar-refractivity contribution in [3.8, 4) is 11.5 Å². The molecule has 2 rings (SSSR count). The van der Waals surface area contributed by atoms with E-state index in [-0.39, 0.29) is 24.4 Å². The predicted molar refractivity (Wildman–Crippen MR) is 92.3 cm³/mol. The van der Waals surface area contributed by atoms with Crippen LogP contribution in [0.2, 0.25) is 0 Å². The standard InChI is InChI=1S/C11H14O3.C8H10O2/c1-3-8(2)14-11(13)9-4-6-10(12)7-5-9;9-6-7-10-8-4-2-1-3-5-8/h4-8,12H,3H2,1-2H3;1-5,9H,6-7H2. The number of rotatable bonds is 6. The number of hydrogen-bond donors (Lipinski definition) is 2. The molecule has 0 spiro atoms. The average molecular weight is 332 g/mol. The predicted octanol–water partition coefficient (Wildman–Crippen LogP) is 3.41. The van der Waals surface area contributed by atoms with Crippen molar-refractivity contribution in [2.24, 2.45) is 0 Å². The Morgan fingerprint density at radius 3 is 2.25 bits per heavy atom. The first kappa shape index (κ1) is 19.5. The van der Waals surface area contributed by atoms with Crippen molar-refractivity contribution < 1.29 is 24.5 Å². The van der Waals surface area contributed by atoms with Crippen molar-refractivity contribution in [2.75, 3.05) is 13.2 Å². The smallest absolute Gasteiger partial charge is 0.338 e. The molecule has 0 saturated carbocycles. The summed E-state index contributed by atoms with van der Waals surface area (Å²) in [6.45, 7) is 4.23. The van der Waals surface area contributed by atoms with Gasteiger partial charge in [0.1, 0.15) is 18.1 Å². The van der Waals surface area contributed by atoms with Gasteiger partial charge in [0.25, 0.3) is 0 Å². The van der Waals surface area contributed by atoms with Gasteiger partial charge in [-0.05, 0) is 49.7 Å². The van der Waals surface area contributed by atoms with Gasteiger partial charge in [0.05, 0.1) is 18.3 Å². The minimum absolute atomic E-state index is 0.0644. The summed E-state index contributed by atoms with van der Waals surface area (Å²) in [5, 5.41) is 17.4. The fraction of sp³-hybridized carbons (Fsp3) is 0.316. The number of esters is 1. The van der Waals surface area contributed by atoms with Gasteiger partial charge in [-0.25, -0.2) is 4.79 Å². The molecule has 2 aromatic rings. The molecule has 5 heteroatoms. The largest absolute Gasteiger partial charge is 0.508 e. The minimum Gasteiger partial charge on any atom is -0.508 e. The lowest BCUT2D eigenvalue weighted by molar-refractivity contribution is 0.0334. The molecule has 0 saturated heterocycles. The van der Waals surface area contributed by atoms with Crippen LogP contribution in [0.4, 0.5) is 0 Å². The van der Waals surface area contributed by atoms with Crippen LogP contribution in [0.3, 0.4) is 0 Å². The fourth-order valence-corrected chi connectivity index (χ4v) is 1.61. The van der Waals surface area contributed by atoms with Gasteiger partial charge in [0.2, 0.25) is 0 Å². The van der Waals surface area contributed by atoms with E-state index in [9.17, 15) is 4.79 Å². The highest BCUT2D eigenvalue weighted by Gasteiger charge is 2.09. The highest BCUT2D eigenvalue weighted by Crippen LogP contribution is 2.11. The van der Waals surface area contributed by atoms with E-state index in [1.807, 2.05) is 44.2 Å². The van der Waals surface area contributed by atoms with E-state index in [1.54, 1.807) is 12.1 Å². The highest BCUT2D eigenvalue weighted by atomic mass is 16.5. The van der Waals surface area contributed by atoms with Crippen LogP contribution in [0.15, 0.2) is 54.6 Å². The maximum Gasteiger partial charge on any atom is 0.338 e. The van der Waals surface area contributed by atoms with E-state index in [0.29, 0.717) is 12.2 Å². The quantitative estimate of drug-likeness (QED) is 0.793. The van der Waals surface area contributed by atoms with E-state index in [0.717, 1.165) is 12.2 Å². The topological polar surface area (TPSA) is 76.0 Å². The van der Waals surface area contributed by atoms with Crippen molar-refractivity contribution in [3.05, 3.63) is 60.2 Å². The SMILES string of the molecule is CCC(C)OC(=O)c1ccc(O)cc1.OCCOc1ccccc1. The summed E-state index contributed by atoms with van der Waals surface area (Å²) in [5.74, 6) is 0.598. The van der Waals surface area contributed by atoms with Crippen LogP contribution >= 0.6 is 0 Å². The average Bonchev–Trinajstić information content (AvgIpc) is 2.61. The number of para-hydroxylation sites is 1. The van der Waals surface area contributed by atoms with Gasteiger partial charge < -0.3 is 19.7 Å². The lowest BCUT2D eigenvalue weighted by atomic mass is 10.2. The second-order valence-corrected chi connectivity index (χ2v) is 5.06. The first-order chi connectivity index (χ1) is 11.6. The number of ether oxygens (including phenoxy) is 2. The Kier molecular flexibility index (Phi) is 9.01. The van der Waals surface area contributed by atoms with Crippen molar-refractivity contribution in [1.29, 1.82) is 0 Å². The first-order valence-electron chi connectivity index (χ1n) is 7.85. The summed E-state index contributed by atoms with van der Waals surface area (Å²) < 4.78 is 10.2. The van der Waals surface area contributed by atoms with Crippen LogP contribution in [0.1, 0.15) is 30.6 Å². The number of phenolic OH excluding ortho intramolecular Hbond substituents is 1. The Balaban J connectivity index is 0.000000254. The minimum atomic E-state index is -0.348. The Labute approximate surface area is 142 Å². The van der Waals surface area contributed by atoms with Gasteiger partial charge in [0.15, 0.2) is 0 Å². The third-order valence-electron chi connectivity index (χ3n) is 3.09. The van der Waals surface area contributed by atoms with Crippen LogP contribution in [-0.4, -0.2) is 35.5 Å². The van der Waals surface area contributed by atoms with E-state index in [4.69, 9.17) is 19.7 Å². The Hall–Kier alpha value is -2.53. The van der Waals surface area contributed by atoms with E-state index < -0.39 is 0 Å². The maximum atomic E-state index is 11.4. The highest BCUT2D eigenvalue weighted by molar-refractivity contribution is 5.89. The summed E-state index contributed by atoms with van der Waals surface area (Å²) in [6, 6.07) is 15.4. The molecule has 2 aromatic carbocycles. The number of aromatic hydroxyl groups is 1. The summed E-state index contributed by atoms with van der Waals surface area (Å²) in [4.78, 5) is 11.4. The molecule has 0 radical (unpaired) electrons. The van der Waals surface area contributed by atoms with Crippen LogP contribution in [0.25, 0.3) is 0 Å². The summed E-state index contributed by atoms with van der Waals surface area (Å²) in [5.41, 5.74) is 0.461. The first-order valence-corrected chi connectivity index (χ1v) is 7.85. The fourth-order valence-electron chi connectivity index (χ4n) is 1.61. The molecule has 0 aliphatic heterocycles. The molecule has 0 aliphatic rings. The number of carbonyl (C=O) groups excluding carboxylic acids is 1. The maximum absolute atomic E-state index is 11.4. The van der Waals surface area contributed by atoms with Crippen molar-refractivity contribution in [1.82, 2.24) is 0 Å². The Bertz CT molecular complexity index is 580. The number of benzene rings is 2. The van der Waals surface area contributed by atoms with Crippen LogP contribution in [0, 0.1) is 0 Å². The van der Waals surface area contributed by atoms with Gasteiger partial charge in [-0.3, -0.25) is 0 Å². The molecule has 1 unspecified atom stereocenters. The molecule has 1 atom stereocenters. The Morgan fingerprint density at radius 1 is 1.08 bits per heavy atom. The molecule has 24 heavy (non-hydrogen) atoms. The van der Waals surface area contributed by atoms with E-state index in [1.165, 1.54) is 12.1 Å². The lowest BCUT2D eigenvalue weighted by Gasteiger charge is -2.10. The number of aliphatic hydroxyl groups is 1. The van der Waals surface area contributed by atoms with E-state index in [2.05, 4.69) is 0 Å². The number of phenols is 1. The zero-order valence-corrected chi connectivity index (χ0v) is 14.0. The van der Waals surface area contributed by atoms with Crippen molar-refractivity contribution in [2.45, 2.75) is 26.4 Å². The third kappa shape index (κ3) is 7.65. The molecular formula is C19H24O5. The molecule has 5 nitrogen and oxygen atoms in total. The molecule has 0 aromatic heterocycles. The molecule has 0 heterocycles. The molecule has 130 valence electrons. The number of aliphatic hydroxyl groups excluding tert-OH is 1. The van der Waals surface area contributed by atoms with Crippen LogP contribution in [-0.2, 0) is 4.74 Å².